The summed E-state index contributed by atoms with van der Waals surface area (Å²) in [6, 6.07) is 7.99. The van der Waals surface area contributed by atoms with E-state index in [1.807, 2.05) is 11.0 Å². The van der Waals surface area contributed by atoms with Gasteiger partial charge in [0.05, 0.1) is 17.2 Å². The Morgan fingerprint density at radius 3 is 2.72 bits per heavy atom. The molecule has 4 aliphatic rings. The molecule has 0 aromatic carbocycles. The van der Waals surface area contributed by atoms with Gasteiger partial charge < -0.3 is 15.5 Å². The van der Waals surface area contributed by atoms with Crippen molar-refractivity contribution in [3.8, 4) is 6.07 Å². The highest BCUT2D eigenvalue weighted by Gasteiger charge is 2.44. The Labute approximate surface area is 187 Å². The highest BCUT2D eigenvalue weighted by atomic mass is 16.2. The molecule has 1 aliphatic carbocycles. The third-order valence-corrected chi connectivity index (χ3v) is 6.55. The fourth-order valence-electron chi connectivity index (χ4n) is 4.88. The Kier molecular flexibility index (Phi) is 5.31. The molecule has 1 amide bonds. The van der Waals surface area contributed by atoms with Crippen LogP contribution in [-0.2, 0) is 0 Å². The number of nitrogens with zero attached hydrogens (tertiary/aromatic N) is 6. The van der Waals surface area contributed by atoms with E-state index in [-0.39, 0.29) is 18.0 Å². The molecule has 2 bridgehead atoms. The number of hydrogen-bond donors (Lipinski definition) is 1. The normalized spacial score (nSPS) is 22.6. The minimum atomic E-state index is -0.0440. The topological polar surface area (TPSA) is 112 Å². The maximum Gasteiger partial charge on any atom is 0.258 e. The molecule has 4 fully saturated rings. The van der Waals surface area contributed by atoms with Gasteiger partial charge in [-0.25, -0.2) is 15.0 Å². The summed E-state index contributed by atoms with van der Waals surface area (Å²) in [7, 11) is 0. The van der Waals surface area contributed by atoms with Crippen molar-refractivity contribution in [3.05, 3.63) is 59.6 Å². The number of hydrogen-bond acceptors (Lipinski definition) is 7. The minimum absolute atomic E-state index is 0.0440. The van der Waals surface area contributed by atoms with Crippen molar-refractivity contribution in [2.45, 2.75) is 43.7 Å². The first-order chi connectivity index (χ1) is 15.7. The molecule has 162 valence electrons. The van der Waals surface area contributed by atoms with Gasteiger partial charge >= 0.3 is 0 Å². The zero-order valence-corrected chi connectivity index (χ0v) is 17.8. The van der Waals surface area contributed by atoms with Gasteiger partial charge in [0, 0.05) is 49.3 Å². The summed E-state index contributed by atoms with van der Waals surface area (Å²) in [6.45, 7) is 1.36. The van der Waals surface area contributed by atoms with Gasteiger partial charge in [0.1, 0.15) is 5.82 Å². The predicted octanol–water partition coefficient (Wildman–Crippen LogP) is 2.89. The number of amides is 1. The first kappa shape index (κ1) is 20.2. The molecule has 0 radical (unpaired) electrons. The zero-order chi connectivity index (χ0) is 22.1. The summed E-state index contributed by atoms with van der Waals surface area (Å²) in [4.78, 5) is 31.0. The van der Waals surface area contributed by atoms with E-state index in [1.54, 1.807) is 30.6 Å². The predicted molar refractivity (Wildman–Crippen MR) is 122 cm³/mol. The summed E-state index contributed by atoms with van der Waals surface area (Å²) in [6.07, 6.45) is 12.1. The molecule has 3 aliphatic heterocycles. The van der Waals surface area contributed by atoms with Crippen LogP contribution in [0, 0.1) is 11.3 Å². The standard InChI is InChI=1S/C24H25N7O/c25-9-2-11-28-22-20(3-1-10-27-22)24(32)31-15-18-6-7-19(31)14-30(18)23-21(16-4-5-16)17(13-26)8-12-29-23/h1-3,8-12,16,18-19H,4-7,14-15,25H2. The average molecular weight is 428 g/mol. The van der Waals surface area contributed by atoms with E-state index in [4.69, 9.17) is 10.7 Å². The third-order valence-electron chi connectivity index (χ3n) is 6.55. The van der Waals surface area contributed by atoms with Crippen molar-refractivity contribution >= 4 is 23.8 Å². The molecule has 5 heterocycles. The summed E-state index contributed by atoms with van der Waals surface area (Å²) >= 11 is 0. The van der Waals surface area contributed by atoms with E-state index < -0.39 is 0 Å². The number of nitrogens with two attached hydrogens (primary N) is 1. The van der Waals surface area contributed by atoms with Crippen LogP contribution in [0.25, 0.3) is 0 Å². The molecule has 2 aromatic heterocycles. The zero-order valence-electron chi connectivity index (χ0n) is 17.8. The van der Waals surface area contributed by atoms with E-state index in [2.05, 4.69) is 20.9 Å². The highest BCUT2D eigenvalue weighted by molar-refractivity contribution is 5.99. The van der Waals surface area contributed by atoms with Gasteiger partial charge in [-0.3, -0.25) is 4.79 Å². The lowest BCUT2D eigenvalue weighted by atomic mass is 9.89. The SMILES string of the molecule is N#Cc1ccnc(N2CC3CCC2CN3C(=O)c2cccnc2N=CC=CN)c1C1CC1. The maximum atomic E-state index is 13.5. The van der Waals surface area contributed by atoms with E-state index in [9.17, 15) is 10.1 Å². The van der Waals surface area contributed by atoms with Crippen molar-refractivity contribution in [1.82, 2.24) is 14.9 Å². The van der Waals surface area contributed by atoms with Crippen molar-refractivity contribution in [3.63, 3.8) is 0 Å². The van der Waals surface area contributed by atoms with E-state index in [1.165, 1.54) is 12.4 Å². The molecule has 0 spiro atoms. The molecular weight excluding hydrogens is 402 g/mol. The van der Waals surface area contributed by atoms with Crippen LogP contribution < -0.4 is 10.6 Å². The first-order valence-corrected chi connectivity index (χ1v) is 11.0. The lowest BCUT2D eigenvalue weighted by Crippen LogP contribution is -2.64. The molecule has 2 N–H and O–H groups in total. The number of rotatable bonds is 5. The molecule has 8 nitrogen and oxygen atoms in total. The van der Waals surface area contributed by atoms with E-state index in [0.717, 1.165) is 49.2 Å². The largest absolute Gasteiger partial charge is 0.405 e. The van der Waals surface area contributed by atoms with Crippen LogP contribution in [0.4, 0.5) is 11.6 Å². The number of carbonyl (C=O) groups excluding carboxylic acids is 1. The number of allylic oxidation sites excluding steroid dienone is 1. The van der Waals surface area contributed by atoms with Crippen LogP contribution >= 0.6 is 0 Å². The molecule has 2 atom stereocenters. The van der Waals surface area contributed by atoms with Crippen LogP contribution in [0.2, 0.25) is 0 Å². The maximum absolute atomic E-state index is 13.5. The van der Waals surface area contributed by atoms with Crippen LogP contribution in [0.3, 0.4) is 0 Å². The number of piperazine rings is 1. The Balaban J connectivity index is 1.41. The molecule has 2 aromatic rings. The molecule has 32 heavy (non-hydrogen) atoms. The summed E-state index contributed by atoms with van der Waals surface area (Å²) in [5.41, 5.74) is 7.69. The molecule has 2 unspecified atom stereocenters. The van der Waals surface area contributed by atoms with Gasteiger partial charge in [0.2, 0.25) is 0 Å². The van der Waals surface area contributed by atoms with Gasteiger partial charge in [0.15, 0.2) is 5.82 Å². The van der Waals surface area contributed by atoms with Gasteiger partial charge in [-0.15, -0.1) is 0 Å². The first-order valence-electron chi connectivity index (χ1n) is 11.0. The lowest BCUT2D eigenvalue weighted by Gasteiger charge is -2.52. The molecule has 8 heteroatoms. The number of pyridine rings is 2. The number of carbonyl (C=O) groups is 1. The van der Waals surface area contributed by atoms with Crippen molar-refractivity contribution < 1.29 is 4.79 Å². The number of nitriles is 1. The third kappa shape index (κ3) is 3.60. The van der Waals surface area contributed by atoms with E-state index in [0.29, 0.717) is 23.8 Å². The van der Waals surface area contributed by atoms with Crippen molar-refractivity contribution in [2.24, 2.45) is 10.7 Å². The number of piperidine rings is 2. The van der Waals surface area contributed by atoms with Gasteiger partial charge in [0.25, 0.3) is 5.91 Å². The molecule has 3 saturated heterocycles. The summed E-state index contributed by atoms with van der Waals surface area (Å²) < 4.78 is 0. The summed E-state index contributed by atoms with van der Waals surface area (Å²) in [5, 5.41) is 9.62. The second-order valence-corrected chi connectivity index (χ2v) is 8.51. The fraction of sp³-hybridized carbons (Fsp3) is 0.375. The molecule has 6 rings (SSSR count). The number of aromatic nitrogens is 2. The van der Waals surface area contributed by atoms with E-state index >= 15 is 0 Å². The molecule has 1 saturated carbocycles. The van der Waals surface area contributed by atoms with Crippen LogP contribution in [0.1, 0.15) is 53.1 Å². The van der Waals surface area contributed by atoms with Gasteiger partial charge in [-0.05, 0) is 62.1 Å². The summed E-state index contributed by atoms with van der Waals surface area (Å²) in [5.74, 6) is 1.73. The van der Waals surface area contributed by atoms with Crippen LogP contribution in [0.5, 0.6) is 0 Å². The molecular formula is C24H25N7O. The smallest absolute Gasteiger partial charge is 0.258 e. The number of fused-ring (bicyclic) bond motifs is 3. The number of aliphatic imine (C=N–C) groups is 1. The monoisotopic (exact) mass is 427 g/mol. The Hall–Kier alpha value is -3.73. The lowest BCUT2D eigenvalue weighted by molar-refractivity contribution is 0.0504. The average Bonchev–Trinajstić information content (AvgIpc) is 3.69. The second-order valence-electron chi connectivity index (χ2n) is 8.51. The quantitative estimate of drug-likeness (QED) is 0.735. The fourth-order valence-corrected chi connectivity index (χ4v) is 4.88. The number of anilines is 1. The van der Waals surface area contributed by atoms with Gasteiger partial charge in [-0.1, -0.05) is 0 Å². The van der Waals surface area contributed by atoms with Crippen LogP contribution in [0.15, 0.2) is 47.9 Å². The van der Waals surface area contributed by atoms with Gasteiger partial charge in [-0.2, -0.15) is 5.26 Å². The van der Waals surface area contributed by atoms with Crippen LogP contribution in [-0.4, -0.2) is 52.2 Å². The highest BCUT2D eigenvalue weighted by Crippen LogP contribution is 2.47. The Morgan fingerprint density at radius 2 is 2.00 bits per heavy atom. The Morgan fingerprint density at radius 1 is 1.16 bits per heavy atom. The Bertz CT molecular complexity index is 1130. The van der Waals surface area contributed by atoms with Crippen molar-refractivity contribution in [2.75, 3.05) is 18.0 Å². The second kappa shape index (κ2) is 8.42. The van der Waals surface area contributed by atoms with Crippen molar-refractivity contribution in [1.29, 1.82) is 5.26 Å². The minimum Gasteiger partial charge on any atom is -0.405 e.